The Morgan fingerprint density at radius 3 is 2.72 bits per heavy atom. The molecule has 0 spiro atoms. The van der Waals surface area contributed by atoms with Gasteiger partial charge >= 0.3 is 5.97 Å². The molecule has 2 fully saturated rings. The van der Waals surface area contributed by atoms with Gasteiger partial charge in [-0.3, -0.25) is 4.79 Å². The van der Waals surface area contributed by atoms with Crippen LogP contribution in [0.4, 0.5) is 0 Å². The van der Waals surface area contributed by atoms with Crippen molar-refractivity contribution in [2.24, 2.45) is 11.8 Å². The zero-order chi connectivity index (χ0) is 18.1. The minimum Gasteiger partial charge on any atom is -0.457 e. The predicted octanol–water partition coefficient (Wildman–Crippen LogP) is 2.85. The molecule has 0 bridgehead atoms. The molecule has 4 atom stereocenters. The number of ether oxygens (including phenoxy) is 1. The van der Waals surface area contributed by atoms with E-state index in [2.05, 4.69) is 13.5 Å². The van der Waals surface area contributed by atoms with Gasteiger partial charge in [-0.05, 0) is 19.8 Å². The number of β-lactam (4-membered cyclic amide) rings is 1. The van der Waals surface area contributed by atoms with Crippen molar-refractivity contribution >= 4 is 23.6 Å². The normalized spacial score (nSPS) is 30.8. The van der Waals surface area contributed by atoms with Crippen LogP contribution in [-0.4, -0.2) is 45.9 Å². The van der Waals surface area contributed by atoms with Crippen molar-refractivity contribution in [2.45, 2.75) is 63.3 Å². The van der Waals surface area contributed by atoms with E-state index in [-0.39, 0.29) is 24.5 Å². The number of aliphatic hydroxyl groups excluding tert-OH is 1. The SMILES string of the molecule is C=CCOC(=O)C1=C(SC2CCCCC2)[C@H](C)[C@@H]2[C@@H]([C@@H](C)O)C(=O)N12. The zero-order valence-electron chi connectivity index (χ0n) is 14.9. The lowest BCUT2D eigenvalue weighted by atomic mass is 9.79. The van der Waals surface area contributed by atoms with Gasteiger partial charge in [0.15, 0.2) is 0 Å². The number of carbonyl (C=O) groups is 2. The molecule has 1 amide bonds. The van der Waals surface area contributed by atoms with Gasteiger partial charge in [-0.2, -0.15) is 0 Å². The molecule has 2 heterocycles. The molecule has 1 aliphatic carbocycles. The van der Waals surface area contributed by atoms with Crippen LogP contribution in [0, 0.1) is 11.8 Å². The Labute approximate surface area is 153 Å². The molecule has 2 aliphatic heterocycles. The van der Waals surface area contributed by atoms with E-state index in [1.807, 2.05) is 0 Å². The Hall–Kier alpha value is -1.27. The first-order chi connectivity index (χ1) is 12.0. The number of hydrogen-bond acceptors (Lipinski definition) is 5. The average Bonchev–Trinajstić information content (AvgIpc) is 2.82. The van der Waals surface area contributed by atoms with E-state index in [1.165, 1.54) is 25.3 Å². The van der Waals surface area contributed by atoms with Crippen molar-refractivity contribution in [3.8, 4) is 0 Å². The van der Waals surface area contributed by atoms with Gasteiger partial charge in [0.05, 0.1) is 18.1 Å². The average molecular weight is 365 g/mol. The first-order valence-electron chi connectivity index (χ1n) is 9.17. The molecule has 1 N–H and O–H groups in total. The molecule has 25 heavy (non-hydrogen) atoms. The van der Waals surface area contributed by atoms with Crippen LogP contribution in [0.5, 0.6) is 0 Å². The van der Waals surface area contributed by atoms with Crippen molar-refractivity contribution in [1.82, 2.24) is 4.90 Å². The lowest BCUT2D eigenvalue weighted by Crippen LogP contribution is -2.63. The Bertz CT molecular complexity index is 594. The van der Waals surface area contributed by atoms with Gasteiger partial charge in [0.2, 0.25) is 5.91 Å². The van der Waals surface area contributed by atoms with E-state index in [0.717, 1.165) is 17.7 Å². The first-order valence-corrected chi connectivity index (χ1v) is 10.0. The number of amides is 1. The number of hydrogen-bond donors (Lipinski definition) is 1. The first kappa shape index (κ1) is 18.5. The number of rotatable bonds is 6. The summed E-state index contributed by atoms with van der Waals surface area (Å²) < 4.78 is 5.25. The highest BCUT2D eigenvalue weighted by Crippen LogP contribution is 2.52. The molecule has 5 nitrogen and oxygen atoms in total. The van der Waals surface area contributed by atoms with Crippen LogP contribution < -0.4 is 0 Å². The van der Waals surface area contributed by atoms with E-state index in [4.69, 9.17) is 4.74 Å². The Morgan fingerprint density at radius 1 is 1.44 bits per heavy atom. The van der Waals surface area contributed by atoms with Gasteiger partial charge in [0.1, 0.15) is 12.3 Å². The monoisotopic (exact) mass is 365 g/mol. The third kappa shape index (κ3) is 3.26. The maximum Gasteiger partial charge on any atom is 0.356 e. The smallest absolute Gasteiger partial charge is 0.356 e. The maximum atomic E-state index is 12.6. The number of nitrogens with zero attached hydrogens (tertiary/aromatic N) is 1. The van der Waals surface area contributed by atoms with Crippen molar-refractivity contribution in [3.63, 3.8) is 0 Å². The van der Waals surface area contributed by atoms with Gasteiger partial charge in [-0.15, -0.1) is 11.8 Å². The molecule has 6 heteroatoms. The molecule has 1 saturated heterocycles. The zero-order valence-corrected chi connectivity index (χ0v) is 15.8. The summed E-state index contributed by atoms with van der Waals surface area (Å²) in [5.41, 5.74) is 0.400. The highest BCUT2D eigenvalue weighted by atomic mass is 32.2. The molecule has 0 aromatic carbocycles. The molecule has 138 valence electrons. The van der Waals surface area contributed by atoms with Crippen molar-refractivity contribution in [1.29, 1.82) is 0 Å². The molecule has 0 radical (unpaired) electrons. The molecule has 0 unspecified atom stereocenters. The van der Waals surface area contributed by atoms with Crippen LogP contribution in [0.15, 0.2) is 23.3 Å². The van der Waals surface area contributed by atoms with Crippen LogP contribution in [0.1, 0.15) is 46.0 Å². The molecule has 0 aromatic heterocycles. The molecule has 1 saturated carbocycles. The number of thioether (sulfide) groups is 1. The van der Waals surface area contributed by atoms with Gasteiger partial charge < -0.3 is 14.7 Å². The van der Waals surface area contributed by atoms with Crippen LogP contribution >= 0.6 is 11.8 Å². The number of aliphatic hydroxyl groups is 1. The second-order valence-corrected chi connectivity index (χ2v) is 8.57. The number of fused-ring (bicyclic) bond motifs is 1. The summed E-state index contributed by atoms with van der Waals surface area (Å²) in [6, 6.07) is -0.134. The Kier molecular flexibility index (Phi) is 5.58. The van der Waals surface area contributed by atoms with Crippen molar-refractivity contribution < 1.29 is 19.4 Å². The molecular weight excluding hydrogens is 338 g/mol. The minimum absolute atomic E-state index is 0.0514. The van der Waals surface area contributed by atoms with E-state index < -0.39 is 18.0 Å². The fourth-order valence-electron chi connectivity index (χ4n) is 4.23. The predicted molar refractivity (Wildman–Crippen MR) is 97.6 cm³/mol. The van der Waals surface area contributed by atoms with E-state index >= 15 is 0 Å². The van der Waals surface area contributed by atoms with Crippen molar-refractivity contribution in [2.75, 3.05) is 6.61 Å². The van der Waals surface area contributed by atoms with Crippen LogP contribution in [0.25, 0.3) is 0 Å². The van der Waals surface area contributed by atoms with E-state index in [9.17, 15) is 14.7 Å². The van der Waals surface area contributed by atoms with E-state index in [0.29, 0.717) is 10.9 Å². The largest absolute Gasteiger partial charge is 0.457 e. The second kappa shape index (κ2) is 7.54. The fraction of sp³-hybridized carbons (Fsp3) is 0.684. The third-order valence-corrected chi connectivity index (χ3v) is 7.10. The fourth-order valence-corrected chi connectivity index (χ4v) is 5.81. The summed E-state index contributed by atoms with van der Waals surface area (Å²) in [5, 5.41) is 10.5. The molecule has 3 aliphatic rings. The van der Waals surface area contributed by atoms with Crippen molar-refractivity contribution in [3.05, 3.63) is 23.3 Å². The molecular formula is C19H27NO4S. The summed E-state index contributed by atoms with van der Waals surface area (Å²) in [6.45, 7) is 7.40. The summed E-state index contributed by atoms with van der Waals surface area (Å²) >= 11 is 1.75. The highest BCUT2D eigenvalue weighted by molar-refractivity contribution is 8.03. The van der Waals surface area contributed by atoms with Gasteiger partial charge in [0.25, 0.3) is 0 Å². The minimum atomic E-state index is -0.708. The highest BCUT2D eigenvalue weighted by Gasteiger charge is 2.60. The number of esters is 1. The standard InChI is InChI=1S/C19H27NO4S/c1-4-10-24-19(23)16-17(25-13-8-6-5-7-9-13)11(2)15-14(12(3)21)18(22)20(15)16/h4,11-15,21H,1,5-10H2,2-3H3/t11-,12-,14-,15-/m1/s1. The third-order valence-electron chi connectivity index (χ3n) is 5.48. The topological polar surface area (TPSA) is 66.8 Å². The lowest BCUT2D eigenvalue weighted by Gasteiger charge is -2.46. The maximum absolute atomic E-state index is 12.6. The molecule has 0 aromatic rings. The van der Waals surface area contributed by atoms with Gasteiger partial charge in [0, 0.05) is 16.1 Å². The van der Waals surface area contributed by atoms with E-state index in [1.54, 1.807) is 23.6 Å². The lowest BCUT2D eigenvalue weighted by molar-refractivity contribution is -0.164. The summed E-state index contributed by atoms with van der Waals surface area (Å²) in [7, 11) is 0. The quantitative estimate of drug-likeness (QED) is 0.445. The van der Waals surface area contributed by atoms with Gasteiger partial charge in [-0.1, -0.05) is 38.8 Å². The van der Waals surface area contributed by atoms with Crippen LogP contribution in [0.2, 0.25) is 0 Å². The molecule has 3 rings (SSSR count). The Morgan fingerprint density at radius 2 is 2.12 bits per heavy atom. The van der Waals surface area contributed by atoms with Crippen LogP contribution in [0.3, 0.4) is 0 Å². The summed E-state index contributed by atoms with van der Waals surface area (Å²) in [5.74, 6) is -1.00. The summed E-state index contributed by atoms with van der Waals surface area (Å²) in [6.07, 6.45) is 6.83. The Balaban J connectivity index is 1.88. The van der Waals surface area contributed by atoms with Crippen LogP contribution in [-0.2, 0) is 14.3 Å². The summed E-state index contributed by atoms with van der Waals surface area (Å²) in [4.78, 5) is 27.7. The second-order valence-electron chi connectivity index (χ2n) is 7.23. The van der Waals surface area contributed by atoms with Gasteiger partial charge in [-0.25, -0.2) is 4.79 Å². The number of carbonyl (C=O) groups excluding carboxylic acids is 2.